The number of rotatable bonds is 2. The topological polar surface area (TPSA) is 0 Å². The predicted octanol–water partition coefficient (Wildman–Crippen LogP) is 14.3. The number of quaternary nitrogens is 1. The predicted molar refractivity (Wildman–Crippen MR) is 223 cm³/mol. The van der Waals surface area contributed by atoms with Crippen molar-refractivity contribution in [1.29, 1.82) is 0 Å². The van der Waals surface area contributed by atoms with E-state index in [1.807, 2.05) is 52.0 Å². The molecule has 0 N–H and O–H groups in total. The number of aryl methyl sites for hydroxylation is 2. The van der Waals surface area contributed by atoms with Crippen LogP contribution in [-0.2, 0) is 26.2 Å². The average molecular weight is 791 g/mol. The lowest BCUT2D eigenvalue weighted by Gasteiger charge is -2.39. The van der Waals surface area contributed by atoms with E-state index in [1.165, 1.54) is 0 Å². The van der Waals surface area contributed by atoms with Crippen LogP contribution >= 0.6 is 0 Å². The summed E-state index contributed by atoms with van der Waals surface area (Å²) in [6.45, 7) is 9.76. The van der Waals surface area contributed by atoms with Gasteiger partial charge in [0.25, 0.3) is 0 Å². The Hall–Kier alpha value is -6.18. The van der Waals surface area contributed by atoms with Crippen LogP contribution in [0.4, 0.5) is 26.3 Å². The van der Waals surface area contributed by atoms with Crippen molar-refractivity contribution in [2.75, 3.05) is 0 Å². The number of nitrogens with zero attached hydrogens (tertiary/aromatic N) is 1. The Labute approximate surface area is 338 Å². The van der Waals surface area contributed by atoms with E-state index in [4.69, 9.17) is 0 Å². The molecule has 0 bridgehead atoms. The van der Waals surface area contributed by atoms with Crippen molar-refractivity contribution in [3.05, 3.63) is 189 Å². The van der Waals surface area contributed by atoms with Gasteiger partial charge in [-0.15, -0.1) is 0 Å². The van der Waals surface area contributed by atoms with E-state index in [0.29, 0.717) is 41.8 Å². The molecule has 2 aliphatic rings. The summed E-state index contributed by atoms with van der Waals surface area (Å²) < 4.78 is 90.3. The highest BCUT2D eigenvalue weighted by molar-refractivity contribution is 6.08. The number of hydrogen-bond donors (Lipinski definition) is 0. The second kappa shape index (κ2) is 13.4. The summed E-state index contributed by atoms with van der Waals surface area (Å²) in [6, 6.07) is 33.5. The SMILES string of the molecule is Cc1cc(-c2cc(F)c(F)c(F)c2)c2c(c1C)-c1c(C)c(C)cc(-c3cc(F)c(F)c(F)c3)c1C[N+]1(Cc3ccc4ccccc4c3-c3c(ccc4ccccc34)C1)C2. The first-order valence-electron chi connectivity index (χ1n) is 19.8. The van der Waals surface area contributed by atoms with E-state index in [9.17, 15) is 8.78 Å². The molecule has 0 aliphatic carbocycles. The molecule has 0 atom stereocenters. The van der Waals surface area contributed by atoms with E-state index in [-0.39, 0.29) is 11.1 Å². The van der Waals surface area contributed by atoms with E-state index in [1.54, 1.807) is 0 Å². The van der Waals surface area contributed by atoms with Gasteiger partial charge in [-0.05, 0) is 140 Å². The molecular weight excluding hydrogens is 753 g/mol. The first kappa shape index (κ1) is 37.1. The van der Waals surface area contributed by atoms with E-state index in [0.717, 1.165) is 113 Å². The maximum absolute atomic E-state index is 15.2. The molecule has 8 aromatic rings. The minimum Gasteiger partial charge on any atom is -0.309 e. The molecule has 0 fully saturated rings. The molecule has 0 saturated heterocycles. The summed E-state index contributed by atoms with van der Waals surface area (Å²) in [5.74, 6) is -8.20. The fourth-order valence-corrected chi connectivity index (χ4v) is 10.1. The van der Waals surface area contributed by atoms with E-state index >= 15 is 17.6 Å². The normalized spacial score (nSPS) is 14.1. The fourth-order valence-electron chi connectivity index (χ4n) is 10.1. The van der Waals surface area contributed by atoms with Gasteiger partial charge in [-0.1, -0.05) is 84.9 Å². The molecule has 7 heteroatoms. The second-order valence-electron chi connectivity index (χ2n) is 16.6. The van der Waals surface area contributed by atoms with Gasteiger partial charge in [-0.2, -0.15) is 0 Å². The van der Waals surface area contributed by atoms with Gasteiger partial charge >= 0.3 is 0 Å². The highest BCUT2D eigenvalue weighted by Crippen LogP contribution is 2.52. The molecule has 10 rings (SSSR count). The third-order valence-corrected chi connectivity index (χ3v) is 13.0. The van der Waals surface area contributed by atoms with Gasteiger partial charge in [0.1, 0.15) is 26.2 Å². The average Bonchev–Trinajstić information content (AvgIpc) is 3.46. The van der Waals surface area contributed by atoms with E-state index in [2.05, 4.69) is 60.7 Å². The van der Waals surface area contributed by atoms with Gasteiger partial charge in [0, 0.05) is 22.3 Å². The van der Waals surface area contributed by atoms with Crippen molar-refractivity contribution in [3.8, 4) is 44.5 Å². The lowest BCUT2D eigenvalue weighted by Crippen LogP contribution is -2.44. The molecule has 0 aromatic heterocycles. The Morgan fingerprint density at radius 1 is 0.407 bits per heavy atom. The van der Waals surface area contributed by atoms with Crippen LogP contribution in [0, 0.1) is 62.6 Å². The molecule has 59 heavy (non-hydrogen) atoms. The molecule has 292 valence electrons. The molecule has 0 amide bonds. The molecular formula is C52H38F6N+. The molecule has 0 unspecified atom stereocenters. The van der Waals surface area contributed by atoms with Gasteiger partial charge in [0.2, 0.25) is 0 Å². The lowest BCUT2D eigenvalue weighted by molar-refractivity contribution is -0.977. The van der Waals surface area contributed by atoms with Crippen LogP contribution in [-0.4, -0.2) is 4.48 Å². The minimum atomic E-state index is -1.53. The maximum atomic E-state index is 15.2. The van der Waals surface area contributed by atoms with Gasteiger partial charge in [0.05, 0.1) is 0 Å². The van der Waals surface area contributed by atoms with Crippen molar-refractivity contribution in [1.82, 2.24) is 0 Å². The van der Waals surface area contributed by atoms with Crippen LogP contribution in [0.3, 0.4) is 0 Å². The Bertz CT molecular complexity index is 2870. The van der Waals surface area contributed by atoms with Crippen molar-refractivity contribution >= 4 is 21.5 Å². The quantitative estimate of drug-likeness (QED) is 0.0929. The van der Waals surface area contributed by atoms with Crippen molar-refractivity contribution in [3.63, 3.8) is 0 Å². The van der Waals surface area contributed by atoms with Crippen molar-refractivity contribution in [2.45, 2.75) is 53.9 Å². The summed E-state index contributed by atoms with van der Waals surface area (Å²) in [7, 11) is 0. The minimum absolute atomic E-state index is 0.211. The van der Waals surface area contributed by atoms with Crippen LogP contribution in [0.1, 0.15) is 44.5 Å². The first-order chi connectivity index (χ1) is 28.3. The summed E-state index contributed by atoms with van der Waals surface area (Å²) in [6.07, 6.45) is 0. The molecule has 8 aromatic carbocycles. The van der Waals surface area contributed by atoms with Crippen molar-refractivity contribution in [2.24, 2.45) is 0 Å². The maximum Gasteiger partial charge on any atom is 0.194 e. The third kappa shape index (κ3) is 5.73. The number of benzene rings is 8. The molecule has 1 spiro atoms. The summed E-state index contributed by atoms with van der Waals surface area (Å²) >= 11 is 0. The van der Waals surface area contributed by atoms with Crippen LogP contribution < -0.4 is 0 Å². The summed E-state index contributed by atoms with van der Waals surface area (Å²) in [4.78, 5) is 0. The van der Waals surface area contributed by atoms with Crippen LogP contribution in [0.2, 0.25) is 0 Å². The molecule has 1 nitrogen and oxygen atoms in total. The van der Waals surface area contributed by atoms with Gasteiger partial charge in [-0.3, -0.25) is 0 Å². The second-order valence-corrected chi connectivity index (χ2v) is 16.6. The van der Waals surface area contributed by atoms with Crippen LogP contribution in [0.5, 0.6) is 0 Å². The highest BCUT2D eigenvalue weighted by atomic mass is 19.2. The first-order valence-corrected chi connectivity index (χ1v) is 19.8. The smallest absolute Gasteiger partial charge is 0.194 e. The zero-order valence-corrected chi connectivity index (χ0v) is 32.9. The van der Waals surface area contributed by atoms with Gasteiger partial charge in [0.15, 0.2) is 34.9 Å². The monoisotopic (exact) mass is 790 g/mol. The Morgan fingerprint density at radius 2 is 0.780 bits per heavy atom. The molecule has 0 saturated carbocycles. The summed E-state index contributed by atoms with van der Waals surface area (Å²) in [5, 5.41) is 4.44. The molecule has 2 aliphatic heterocycles. The van der Waals surface area contributed by atoms with Gasteiger partial charge < -0.3 is 4.48 Å². The summed E-state index contributed by atoms with van der Waals surface area (Å²) in [5.41, 5.74) is 13.1. The lowest BCUT2D eigenvalue weighted by atomic mass is 9.80. The van der Waals surface area contributed by atoms with Crippen LogP contribution in [0.15, 0.2) is 109 Å². The Morgan fingerprint density at radius 3 is 1.17 bits per heavy atom. The Kier molecular flexibility index (Phi) is 8.45. The molecule has 2 heterocycles. The number of fused-ring (bicyclic) bond motifs is 10. The zero-order valence-electron chi connectivity index (χ0n) is 32.9. The molecule has 0 radical (unpaired) electrons. The largest absolute Gasteiger partial charge is 0.309 e. The standard InChI is InChI=1S/C52H38F6N/c1-27-17-39(35-19-43(53)51(57)44(54)20-35)41-25-59(26-42-40(36-21-45(55)52(58)46(56)22-36)18-28(2)30(4)48(42)47(41)29(27)3)23-33-15-13-31-9-5-7-11-37(31)49(33)50-34(24-59)16-14-32-10-6-8-12-38(32)50/h5-22H,23-26H2,1-4H3/q+1. The van der Waals surface area contributed by atoms with E-state index < -0.39 is 34.9 Å². The van der Waals surface area contributed by atoms with Crippen molar-refractivity contribution < 1.29 is 30.8 Å². The number of halogens is 6. The number of hydrogen-bond acceptors (Lipinski definition) is 0. The third-order valence-electron chi connectivity index (χ3n) is 13.0. The highest BCUT2D eigenvalue weighted by Gasteiger charge is 2.42. The van der Waals surface area contributed by atoms with Crippen LogP contribution in [0.25, 0.3) is 66.1 Å². The zero-order chi connectivity index (χ0) is 41.1. The Balaban J connectivity index is 1.35. The fraction of sp³-hybridized carbons (Fsp3) is 0.154. The van der Waals surface area contributed by atoms with Gasteiger partial charge in [-0.25, -0.2) is 26.3 Å².